The van der Waals surface area contributed by atoms with Crippen LogP contribution in [0.4, 0.5) is 16.2 Å². The van der Waals surface area contributed by atoms with Crippen LogP contribution in [0.2, 0.25) is 0 Å². The summed E-state index contributed by atoms with van der Waals surface area (Å²) in [7, 11) is 1.53. The molecule has 1 saturated heterocycles. The van der Waals surface area contributed by atoms with Crippen molar-refractivity contribution in [2.75, 3.05) is 43.9 Å². The zero-order valence-corrected chi connectivity index (χ0v) is 23.9. The third-order valence-electron chi connectivity index (χ3n) is 8.10. The second kappa shape index (κ2) is 14.0. The molecule has 0 bridgehead atoms. The van der Waals surface area contributed by atoms with Gasteiger partial charge in [-0.15, -0.1) is 0 Å². The summed E-state index contributed by atoms with van der Waals surface area (Å²) in [5, 5.41) is 15.2. The summed E-state index contributed by atoms with van der Waals surface area (Å²) >= 11 is 0. The Morgan fingerprint density at radius 1 is 0.878 bits per heavy atom. The average Bonchev–Trinajstić information content (AvgIpc) is 3.24. The summed E-state index contributed by atoms with van der Waals surface area (Å²) in [5.41, 5.74) is 3.10. The van der Waals surface area contributed by atoms with E-state index in [0.29, 0.717) is 69.7 Å². The molecule has 2 aromatic rings. The van der Waals surface area contributed by atoms with E-state index in [0.717, 1.165) is 29.7 Å². The molecule has 2 atom stereocenters. The first-order chi connectivity index (χ1) is 19.8. The minimum Gasteiger partial charge on any atom is -0.495 e. The topological polar surface area (TPSA) is 128 Å². The third kappa shape index (κ3) is 7.77. The number of carboxylic acid groups (broad SMARTS) is 1. The van der Waals surface area contributed by atoms with Gasteiger partial charge in [0.25, 0.3) is 0 Å². The number of carboxylic acids is 1. The van der Waals surface area contributed by atoms with Gasteiger partial charge in [-0.05, 0) is 61.9 Å². The van der Waals surface area contributed by atoms with Crippen LogP contribution >= 0.6 is 0 Å². The number of hydrogen-bond donors (Lipinski definition) is 3. The van der Waals surface area contributed by atoms with Crippen molar-refractivity contribution in [3.8, 4) is 5.75 Å². The quantitative estimate of drug-likeness (QED) is 0.432. The maximum Gasteiger partial charge on any atom is 0.323 e. The van der Waals surface area contributed by atoms with E-state index >= 15 is 0 Å². The van der Waals surface area contributed by atoms with Gasteiger partial charge in [-0.3, -0.25) is 14.4 Å². The highest BCUT2D eigenvalue weighted by molar-refractivity contribution is 6.01. The average molecular weight is 565 g/mol. The number of para-hydroxylation sites is 1. The lowest BCUT2D eigenvalue weighted by Crippen LogP contribution is -2.44. The van der Waals surface area contributed by atoms with Gasteiger partial charge in [0.2, 0.25) is 11.8 Å². The van der Waals surface area contributed by atoms with Crippen LogP contribution in [0, 0.1) is 18.8 Å². The fourth-order valence-electron chi connectivity index (χ4n) is 5.74. The van der Waals surface area contributed by atoms with E-state index in [4.69, 9.17) is 4.74 Å². The fraction of sp³-hybridized carbons (Fsp3) is 0.484. The Morgan fingerprint density at radius 2 is 1.56 bits per heavy atom. The predicted octanol–water partition coefficient (Wildman–Crippen LogP) is 4.53. The molecule has 220 valence electrons. The second-order valence-corrected chi connectivity index (χ2v) is 10.8. The summed E-state index contributed by atoms with van der Waals surface area (Å²) in [5.74, 6) is -1.54. The minimum absolute atomic E-state index is 0.0131. The Balaban J connectivity index is 1.29. The van der Waals surface area contributed by atoms with Crippen LogP contribution in [0.1, 0.15) is 49.7 Å². The third-order valence-corrected chi connectivity index (χ3v) is 8.10. The first-order valence-corrected chi connectivity index (χ1v) is 14.4. The highest BCUT2D eigenvalue weighted by Crippen LogP contribution is 2.32. The molecule has 2 fully saturated rings. The van der Waals surface area contributed by atoms with Crippen molar-refractivity contribution in [3.63, 3.8) is 0 Å². The molecule has 2 aliphatic rings. The lowest BCUT2D eigenvalue weighted by atomic mass is 9.78. The normalized spacial score (nSPS) is 19.2. The Morgan fingerprint density at radius 3 is 2.29 bits per heavy atom. The van der Waals surface area contributed by atoms with E-state index in [1.165, 1.54) is 7.11 Å². The Hall–Kier alpha value is -4.08. The Kier molecular flexibility index (Phi) is 10.2. The number of nitrogens with one attached hydrogen (secondary N) is 2. The van der Waals surface area contributed by atoms with Crippen LogP contribution in [-0.4, -0.2) is 72.0 Å². The number of hydrogen-bond acceptors (Lipinski definition) is 5. The predicted molar refractivity (Wildman–Crippen MR) is 156 cm³/mol. The molecule has 1 heterocycles. The highest BCUT2D eigenvalue weighted by Gasteiger charge is 2.38. The molecule has 3 N–H and O–H groups in total. The molecule has 0 spiro atoms. The van der Waals surface area contributed by atoms with Gasteiger partial charge in [0.1, 0.15) is 5.75 Å². The summed E-state index contributed by atoms with van der Waals surface area (Å²) in [6, 6.07) is 12.6. The first-order valence-electron chi connectivity index (χ1n) is 14.4. The summed E-state index contributed by atoms with van der Waals surface area (Å²) in [4.78, 5) is 54.0. The Bertz CT molecular complexity index is 1260. The number of methoxy groups -OCH3 is 1. The molecule has 41 heavy (non-hydrogen) atoms. The fourth-order valence-corrected chi connectivity index (χ4v) is 5.74. The largest absolute Gasteiger partial charge is 0.495 e. The van der Waals surface area contributed by atoms with Gasteiger partial charge >= 0.3 is 12.0 Å². The van der Waals surface area contributed by atoms with E-state index in [-0.39, 0.29) is 17.8 Å². The van der Waals surface area contributed by atoms with Gasteiger partial charge in [0, 0.05) is 38.3 Å². The van der Waals surface area contributed by atoms with E-state index in [2.05, 4.69) is 10.6 Å². The molecule has 4 amide bonds. The molecule has 1 saturated carbocycles. The van der Waals surface area contributed by atoms with Crippen LogP contribution in [0.25, 0.3) is 0 Å². The minimum atomic E-state index is -0.888. The van der Waals surface area contributed by atoms with Gasteiger partial charge in [0.05, 0.1) is 24.6 Å². The monoisotopic (exact) mass is 564 g/mol. The number of amides is 4. The highest BCUT2D eigenvalue weighted by atomic mass is 16.5. The number of aliphatic carboxylic acids is 1. The van der Waals surface area contributed by atoms with Crippen molar-refractivity contribution in [1.29, 1.82) is 0 Å². The van der Waals surface area contributed by atoms with E-state index in [9.17, 15) is 24.3 Å². The van der Waals surface area contributed by atoms with Crippen LogP contribution in [0.5, 0.6) is 5.75 Å². The molecule has 10 nitrogen and oxygen atoms in total. The number of carbonyl (C=O) groups is 4. The molecule has 4 rings (SSSR count). The molecule has 2 aromatic carbocycles. The van der Waals surface area contributed by atoms with Crippen molar-refractivity contribution in [2.45, 2.75) is 51.9 Å². The standard InChI is InChI=1S/C31H40N4O6/c1-21-8-3-6-11-25(21)32-31(40)33-26-14-12-22(20-27(26)41-2)13-15-28(36)34-16-7-17-35(19-18-34)29(37)23-9-4-5-10-24(23)30(38)39/h3,6,8,11-12,14,20,23-24H,4-5,7,9-10,13,15-19H2,1-2H3,(H,38,39)(H2,32,33,40). The van der Waals surface area contributed by atoms with Crippen LogP contribution < -0.4 is 15.4 Å². The maximum absolute atomic E-state index is 13.2. The zero-order valence-electron chi connectivity index (χ0n) is 23.9. The lowest BCUT2D eigenvalue weighted by Gasteiger charge is -2.32. The molecular weight excluding hydrogens is 524 g/mol. The van der Waals surface area contributed by atoms with Gasteiger partial charge in [-0.1, -0.05) is 37.1 Å². The number of aryl methyl sites for hydroxylation is 2. The molecule has 0 aromatic heterocycles. The lowest BCUT2D eigenvalue weighted by molar-refractivity contribution is -0.152. The van der Waals surface area contributed by atoms with E-state index < -0.39 is 17.8 Å². The Labute approximate surface area is 241 Å². The van der Waals surface area contributed by atoms with Crippen LogP contribution in [-0.2, 0) is 20.8 Å². The smallest absolute Gasteiger partial charge is 0.323 e. The van der Waals surface area contributed by atoms with Crippen LogP contribution in [0.15, 0.2) is 42.5 Å². The summed E-state index contributed by atoms with van der Waals surface area (Å²) in [6.45, 7) is 3.89. The molecule has 1 aliphatic heterocycles. The van der Waals surface area contributed by atoms with Crippen molar-refractivity contribution in [2.24, 2.45) is 11.8 Å². The van der Waals surface area contributed by atoms with Gasteiger partial charge in [-0.2, -0.15) is 0 Å². The first kappa shape index (κ1) is 29.9. The molecular formula is C31H40N4O6. The number of carbonyl (C=O) groups excluding carboxylic acids is 3. The number of nitrogens with zero attached hydrogens (tertiary/aromatic N) is 2. The van der Waals surface area contributed by atoms with Gasteiger partial charge < -0.3 is 30.3 Å². The SMILES string of the molecule is COc1cc(CCC(=O)N2CCCN(C(=O)C3CCCCC3C(=O)O)CC2)ccc1NC(=O)Nc1ccccc1C. The van der Waals surface area contributed by atoms with Gasteiger partial charge in [-0.25, -0.2) is 4.79 Å². The van der Waals surface area contributed by atoms with Crippen molar-refractivity contribution in [1.82, 2.24) is 9.80 Å². The van der Waals surface area contributed by atoms with Crippen molar-refractivity contribution >= 4 is 35.2 Å². The van der Waals surface area contributed by atoms with E-state index in [1.807, 2.05) is 43.3 Å². The number of urea groups is 1. The molecule has 1 aliphatic carbocycles. The van der Waals surface area contributed by atoms with Crippen molar-refractivity contribution < 1.29 is 29.0 Å². The van der Waals surface area contributed by atoms with E-state index in [1.54, 1.807) is 15.9 Å². The second-order valence-electron chi connectivity index (χ2n) is 10.8. The van der Waals surface area contributed by atoms with Crippen molar-refractivity contribution in [3.05, 3.63) is 53.6 Å². The number of benzene rings is 2. The zero-order chi connectivity index (χ0) is 29.4. The summed E-state index contributed by atoms with van der Waals surface area (Å²) in [6.07, 6.45) is 4.36. The maximum atomic E-state index is 13.2. The summed E-state index contributed by atoms with van der Waals surface area (Å²) < 4.78 is 5.49. The molecule has 2 unspecified atom stereocenters. The number of ether oxygens (including phenoxy) is 1. The number of rotatable bonds is 8. The van der Waals surface area contributed by atoms with Crippen LogP contribution in [0.3, 0.4) is 0 Å². The van der Waals surface area contributed by atoms with Gasteiger partial charge in [0.15, 0.2) is 0 Å². The molecule has 10 heteroatoms. The number of anilines is 2. The molecule has 0 radical (unpaired) electrons.